The van der Waals surface area contributed by atoms with Crippen LogP contribution in [0.4, 0.5) is 0 Å². The molecule has 0 saturated carbocycles. The van der Waals surface area contributed by atoms with Crippen molar-refractivity contribution in [2.75, 3.05) is 19.8 Å². The third-order valence-electron chi connectivity index (χ3n) is 4.38. The number of nitrogens with one attached hydrogen (secondary N) is 1. The molecule has 6 heteroatoms. The summed E-state index contributed by atoms with van der Waals surface area (Å²) in [5.74, 6) is 1.15. The Morgan fingerprint density at radius 3 is 3.08 bits per heavy atom. The molecule has 1 aliphatic heterocycles. The van der Waals surface area contributed by atoms with E-state index in [1.807, 2.05) is 32.0 Å². The highest BCUT2D eigenvalue weighted by Gasteiger charge is 2.17. The van der Waals surface area contributed by atoms with Crippen molar-refractivity contribution in [3.8, 4) is 5.75 Å². The Morgan fingerprint density at radius 2 is 2.36 bits per heavy atom. The summed E-state index contributed by atoms with van der Waals surface area (Å²) >= 11 is 0. The van der Waals surface area contributed by atoms with E-state index in [1.165, 1.54) is 0 Å². The van der Waals surface area contributed by atoms with Gasteiger partial charge in [0, 0.05) is 37.4 Å². The van der Waals surface area contributed by atoms with E-state index in [0.29, 0.717) is 24.6 Å². The van der Waals surface area contributed by atoms with Crippen molar-refractivity contribution in [1.29, 1.82) is 0 Å². The van der Waals surface area contributed by atoms with Gasteiger partial charge in [-0.2, -0.15) is 5.10 Å². The maximum absolute atomic E-state index is 12.3. The monoisotopic (exact) mass is 343 g/mol. The number of aromatic nitrogens is 2. The Labute approximate surface area is 148 Å². The molecule has 1 aliphatic rings. The SMILES string of the molecule is CCn1cc(C(=O)NCc2ccc(C)cc2OC[C@H]2CCOC2)cn1. The van der Waals surface area contributed by atoms with Gasteiger partial charge >= 0.3 is 0 Å². The lowest BCUT2D eigenvalue weighted by Crippen LogP contribution is -2.23. The molecule has 0 spiro atoms. The van der Waals surface area contributed by atoms with Crippen LogP contribution >= 0.6 is 0 Å². The first-order chi connectivity index (χ1) is 12.2. The zero-order valence-corrected chi connectivity index (χ0v) is 14.8. The molecule has 0 radical (unpaired) electrons. The number of hydrogen-bond donors (Lipinski definition) is 1. The minimum Gasteiger partial charge on any atom is -0.493 e. The molecule has 1 N–H and O–H groups in total. The molecule has 0 unspecified atom stereocenters. The number of ether oxygens (including phenoxy) is 2. The molecule has 1 atom stereocenters. The van der Waals surface area contributed by atoms with Crippen LogP contribution in [0.1, 0.15) is 34.8 Å². The fourth-order valence-corrected chi connectivity index (χ4v) is 2.80. The Bertz CT molecular complexity index is 720. The normalized spacial score (nSPS) is 16.8. The molecule has 2 heterocycles. The Kier molecular flexibility index (Phi) is 5.71. The molecule has 6 nitrogen and oxygen atoms in total. The van der Waals surface area contributed by atoms with Gasteiger partial charge in [0.2, 0.25) is 0 Å². The summed E-state index contributed by atoms with van der Waals surface area (Å²) in [6.07, 6.45) is 4.38. The minimum absolute atomic E-state index is 0.129. The van der Waals surface area contributed by atoms with E-state index in [-0.39, 0.29) is 5.91 Å². The van der Waals surface area contributed by atoms with E-state index in [2.05, 4.69) is 10.4 Å². The third-order valence-corrected chi connectivity index (χ3v) is 4.38. The highest BCUT2D eigenvalue weighted by atomic mass is 16.5. The van der Waals surface area contributed by atoms with Crippen LogP contribution < -0.4 is 10.1 Å². The van der Waals surface area contributed by atoms with Gasteiger partial charge in [-0.15, -0.1) is 0 Å². The van der Waals surface area contributed by atoms with Gasteiger partial charge in [0.05, 0.1) is 25.0 Å². The van der Waals surface area contributed by atoms with Crippen molar-refractivity contribution in [2.45, 2.75) is 33.4 Å². The lowest BCUT2D eigenvalue weighted by Gasteiger charge is -2.15. The molecule has 1 aromatic carbocycles. The van der Waals surface area contributed by atoms with Gasteiger partial charge in [0.15, 0.2) is 0 Å². The number of aryl methyl sites for hydroxylation is 2. The summed E-state index contributed by atoms with van der Waals surface area (Å²) < 4.78 is 13.1. The van der Waals surface area contributed by atoms with Crippen LogP contribution in [0.25, 0.3) is 0 Å². The second kappa shape index (κ2) is 8.16. The maximum Gasteiger partial charge on any atom is 0.254 e. The van der Waals surface area contributed by atoms with E-state index in [4.69, 9.17) is 9.47 Å². The maximum atomic E-state index is 12.3. The van der Waals surface area contributed by atoms with Gasteiger partial charge in [-0.25, -0.2) is 0 Å². The quantitative estimate of drug-likeness (QED) is 0.839. The second-order valence-electron chi connectivity index (χ2n) is 6.42. The minimum atomic E-state index is -0.129. The summed E-state index contributed by atoms with van der Waals surface area (Å²) in [6, 6.07) is 6.06. The summed E-state index contributed by atoms with van der Waals surface area (Å²) in [5.41, 5.74) is 2.68. The van der Waals surface area contributed by atoms with Crippen LogP contribution in [0, 0.1) is 12.8 Å². The molecule has 3 rings (SSSR count). The van der Waals surface area contributed by atoms with Crippen molar-refractivity contribution >= 4 is 5.91 Å². The standard InChI is InChI=1S/C19H25N3O3/c1-3-22-11-17(10-21-22)19(23)20-9-16-5-4-14(2)8-18(16)25-13-15-6-7-24-12-15/h4-5,8,10-11,15H,3,6-7,9,12-13H2,1-2H3,(H,20,23)/t15-/m0/s1. The number of amides is 1. The molecule has 1 saturated heterocycles. The summed E-state index contributed by atoms with van der Waals surface area (Å²) in [6.45, 7) is 7.41. The van der Waals surface area contributed by atoms with Crippen LogP contribution in [0.15, 0.2) is 30.6 Å². The van der Waals surface area contributed by atoms with Gasteiger partial charge < -0.3 is 14.8 Å². The molecule has 1 fully saturated rings. The van der Waals surface area contributed by atoms with Crippen LogP contribution in [-0.2, 0) is 17.8 Å². The van der Waals surface area contributed by atoms with Gasteiger partial charge in [0.25, 0.3) is 5.91 Å². The van der Waals surface area contributed by atoms with E-state index in [0.717, 1.165) is 43.1 Å². The topological polar surface area (TPSA) is 65.4 Å². The molecule has 0 aliphatic carbocycles. The van der Waals surface area contributed by atoms with Crippen LogP contribution in [-0.4, -0.2) is 35.5 Å². The number of hydrogen-bond acceptors (Lipinski definition) is 4. The molecule has 1 amide bonds. The van der Waals surface area contributed by atoms with Crippen molar-refractivity contribution in [3.63, 3.8) is 0 Å². The van der Waals surface area contributed by atoms with Gasteiger partial charge in [0.1, 0.15) is 5.75 Å². The zero-order valence-electron chi connectivity index (χ0n) is 14.8. The number of benzene rings is 1. The molecular weight excluding hydrogens is 318 g/mol. The smallest absolute Gasteiger partial charge is 0.254 e. The Hall–Kier alpha value is -2.34. The van der Waals surface area contributed by atoms with Crippen LogP contribution in [0.2, 0.25) is 0 Å². The van der Waals surface area contributed by atoms with Gasteiger partial charge in [-0.05, 0) is 31.9 Å². The highest BCUT2D eigenvalue weighted by Crippen LogP contribution is 2.22. The fraction of sp³-hybridized carbons (Fsp3) is 0.474. The average molecular weight is 343 g/mol. The van der Waals surface area contributed by atoms with Crippen molar-refractivity contribution in [3.05, 3.63) is 47.3 Å². The number of rotatable bonds is 7. The Balaban J connectivity index is 1.61. The second-order valence-corrected chi connectivity index (χ2v) is 6.42. The van der Waals surface area contributed by atoms with Gasteiger partial charge in [-0.1, -0.05) is 12.1 Å². The van der Waals surface area contributed by atoms with Crippen molar-refractivity contribution in [1.82, 2.24) is 15.1 Å². The van der Waals surface area contributed by atoms with Crippen molar-refractivity contribution in [2.24, 2.45) is 5.92 Å². The molecule has 0 bridgehead atoms. The number of carbonyl (C=O) groups is 1. The zero-order chi connectivity index (χ0) is 17.6. The van der Waals surface area contributed by atoms with Crippen LogP contribution in [0.5, 0.6) is 5.75 Å². The summed E-state index contributed by atoms with van der Waals surface area (Å²) in [5, 5.41) is 7.08. The largest absolute Gasteiger partial charge is 0.493 e. The third kappa shape index (κ3) is 4.60. The fourth-order valence-electron chi connectivity index (χ4n) is 2.80. The highest BCUT2D eigenvalue weighted by molar-refractivity contribution is 5.93. The van der Waals surface area contributed by atoms with E-state index >= 15 is 0 Å². The molecule has 1 aromatic heterocycles. The first kappa shape index (κ1) is 17.5. The predicted octanol–water partition coefficient (Wildman–Crippen LogP) is 2.56. The van der Waals surface area contributed by atoms with E-state index in [9.17, 15) is 4.79 Å². The molecule has 2 aromatic rings. The van der Waals surface area contributed by atoms with E-state index < -0.39 is 0 Å². The summed E-state index contributed by atoms with van der Waals surface area (Å²) in [7, 11) is 0. The molecule has 134 valence electrons. The lowest BCUT2D eigenvalue weighted by atomic mass is 10.1. The van der Waals surface area contributed by atoms with Gasteiger partial charge in [-0.3, -0.25) is 9.48 Å². The Morgan fingerprint density at radius 1 is 1.48 bits per heavy atom. The van der Waals surface area contributed by atoms with Crippen LogP contribution in [0.3, 0.4) is 0 Å². The lowest BCUT2D eigenvalue weighted by molar-refractivity contribution is 0.0950. The van der Waals surface area contributed by atoms with Crippen molar-refractivity contribution < 1.29 is 14.3 Å². The summed E-state index contributed by atoms with van der Waals surface area (Å²) in [4.78, 5) is 12.3. The molecular formula is C19H25N3O3. The number of nitrogens with zero attached hydrogens (tertiary/aromatic N) is 2. The molecule has 25 heavy (non-hydrogen) atoms. The van der Waals surface area contributed by atoms with E-state index in [1.54, 1.807) is 17.1 Å². The average Bonchev–Trinajstić information content (AvgIpc) is 3.30. The first-order valence-electron chi connectivity index (χ1n) is 8.76. The number of carbonyl (C=O) groups excluding carboxylic acids is 1. The predicted molar refractivity (Wildman–Crippen MR) is 94.7 cm³/mol. The first-order valence-corrected chi connectivity index (χ1v) is 8.76.